The van der Waals surface area contributed by atoms with Crippen molar-refractivity contribution >= 4 is 55.7 Å². The van der Waals surface area contributed by atoms with E-state index in [1.54, 1.807) is 18.4 Å². The summed E-state index contributed by atoms with van der Waals surface area (Å²) in [7, 11) is 0. The zero-order chi connectivity index (χ0) is 13.8. The van der Waals surface area contributed by atoms with Crippen LogP contribution in [0, 0.1) is 0 Å². The topological polar surface area (TPSA) is 51.2 Å². The predicted molar refractivity (Wildman–Crippen MR) is 80.5 cm³/mol. The number of thiazole rings is 1. The standard InChI is InChI=1S/C12H10BrClN2O2S/c1-2-18-11(17)10-6-19-12(16-10)15-7-3-4-8(13)9(14)5-7/h3-6H,2H2,1H3,(H,15,16). The molecule has 0 fully saturated rings. The van der Waals surface area contributed by atoms with Gasteiger partial charge in [0.1, 0.15) is 0 Å². The number of nitrogens with one attached hydrogen (secondary N) is 1. The van der Waals surface area contributed by atoms with Crippen LogP contribution in [-0.4, -0.2) is 17.6 Å². The van der Waals surface area contributed by atoms with Crippen LogP contribution in [-0.2, 0) is 4.74 Å². The maximum atomic E-state index is 11.5. The van der Waals surface area contributed by atoms with Crippen LogP contribution in [0.25, 0.3) is 0 Å². The zero-order valence-corrected chi connectivity index (χ0v) is 13.1. The summed E-state index contributed by atoms with van der Waals surface area (Å²) in [5.74, 6) is -0.416. The van der Waals surface area contributed by atoms with E-state index in [0.717, 1.165) is 10.2 Å². The fourth-order valence-electron chi connectivity index (χ4n) is 1.33. The molecule has 0 bridgehead atoms. The number of carbonyl (C=O) groups excluding carboxylic acids is 1. The highest BCUT2D eigenvalue weighted by Crippen LogP contribution is 2.28. The van der Waals surface area contributed by atoms with Crippen molar-refractivity contribution in [2.24, 2.45) is 0 Å². The van der Waals surface area contributed by atoms with Gasteiger partial charge >= 0.3 is 5.97 Å². The highest BCUT2D eigenvalue weighted by molar-refractivity contribution is 9.10. The van der Waals surface area contributed by atoms with E-state index in [2.05, 4.69) is 26.2 Å². The van der Waals surface area contributed by atoms with Gasteiger partial charge in [-0.15, -0.1) is 11.3 Å². The Labute approximate surface area is 127 Å². The third-order valence-corrected chi connectivity index (χ3v) is 4.15. The lowest BCUT2D eigenvalue weighted by Gasteiger charge is -2.03. The van der Waals surface area contributed by atoms with E-state index in [1.807, 2.05) is 12.1 Å². The van der Waals surface area contributed by atoms with Gasteiger partial charge in [0.2, 0.25) is 0 Å². The molecule has 0 radical (unpaired) electrons. The lowest BCUT2D eigenvalue weighted by atomic mass is 10.3. The van der Waals surface area contributed by atoms with Gasteiger partial charge in [0.05, 0.1) is 11.6 Å². The second-order valence-corrected chi connectivity index (χ2v) is 5.63. The summed E-state index contributed by atoms with van der Waals surface area (Å²) in [6, 6.07) is 5.48. The molecule has 0 atom stereocenters. The molecule has 0 unspecified atom stereocenters. The van der Waals surface area contributed by atoms with Gasteiger partial charge in [-0.25, -0.2) is 9.78 Å². The fourth-order valence-corrected chi connectivity index (χ4v) is 2.45. The quantitative estimate of drug-likeness (QED) is 0.816. The van der Waals surface area contributed by atoms with Crippen LogP contribution in [0.3, 0.4) is 0 Å². The molecule has 1 aromatic carbocycles. The summed E-state index contributed by atoms with van der Waals surface area (Å²) in [5.41, 5.74) is 1.11. The van der Waals surface area contributed by atoms with E-state index in [0.29, 0.717) is 22.5 Å². The number of esters is 1. The highest BCUT2D eigenvalue weighted by atomic mass is 79.9. The monoisotopic (exact) mass is 360 g/mol. The third-order valence-electron chi connectivity index (χ3n) is 2.16. The second kappa shape index (κ2) is 6.36. The van der Waals surface area contributed by atoms with Gasteiger partial charge in [0.15, 0.2) is 10.8 Å². The Morgan fingerprint density at radius 3 is 3.05 bits per heavy atom. The summed E-state index contributed by atoms with van der Waals surface area (Å²) in [6.07, 6.45) is 0. The van der Waals surface area contributed by atoms with Crippen molar-refractivity contribution in [3.63, 3.8) is 0 Å². The normalized spacial score (nSPS) is 10.3. The first-order valence-corrected chi connectivity index (χ1v) is 7.50. The minimum absolute atomic E-state index is 0.303. The summed E-state index contributed by atoms with van der Waals surface area (Å²) in [4.78, 5) is 15.6. The van der Waals surface area contributed by atoms with Crippen LogP contribution < -0.4 is 5.32 Å². The Bertz CT molecular complexity index is 603. The van der Waals surface area contributed by atoms with Gasteiger partial charge in [-0.1, -0.05) is 11.6 Å². The van der Waals surface area contributed by atoms with Crippen molar-refractivity contribution in [3.8, 4) is 0 Å². The van der Waals surface area contributed by atoms with Gasteiger partial charge in [0, 0.05) is 15.5 Å². The molecule has 1 aromatic heterocycles. The maximum Gasteiger partial charge on any atom is 0.357 e. The summed E-state index contributed by atoms with van der Waals surface area (Å²) in [6.45, 7) is 2.09. The minimum Gasteiger partial charge on any atom is -0.461 e. The molecule has 100 valence electrons. The van der Waals surface area contributed by atoms with Gasteiger partial charge in [0.25, 0.3) is 0 Å². The van der Waals surface area contributed by atoms with E-state index < -0.39 is 5.97 Å². The fraction of sp³-hybridized carbons (Fsp3) is 0.167. The molecule has 2 rings (SSSR count). The van der Waals surface area contributed by atoms with Gasteiger partial charge in [-0.05, 0) is 41.1 Å². The lowest BCUT2D eigenvalue weighted by Crippen LogP contribution is -2.04. The molecule has 0 aliphatic carbocycles. The summed E-state index contributed by atoms with van der Waals surface area (Å²) in [5, 5.41) is 5.95. The third kappa shape index (κ3) is 3.68. The molecule has 4 nitrogen and oxygen atoms in total. The van der Waals surface area contributed by atoms with Crippen LogP contribution in [0.5, 0.6) is 0 Å². The van der Waals surface area contributed by atoms with E-state index in [-0.39, 0.29) is 0 Å². The molecule has 19 heavy (non-hydrogen) atoms. The predicted octanol–water partition coefficient (Wildman–Crippen LogP) is 4.48. The molecular formula is C12H10BrClN2O2S. The van der Waals surface area contributed by atoms with Crippen molar-refractivity contribution in [2.45, 2.75) is 6.92 Å². The zero-order valence-electron chi connectivity index (χ0n) is 9.94. The molecule has 0 spiro atoms. The number of aromatic nitrogens is 1. The summed E-state index contributed by atoms with van der Waals surface area (Å²) < 4.78 is 5.70. The number of nitrogens with zero attached hydrogens (tertiary/aromatic N) is 1. The number of benzene rings is 1. The molecule has 0 aliphatic rings. The number of ether oxygens (including phenoxy) is 1. The number of carbonyl (C=O) groups is 1. The van der Waals surface area contributed by atoms with Gasteiger partial charge in [-0.3, -0.25) is 0 Å². The Morgan fingerprint density at radius 1 is 1.58 bits per heavy atom. The van der Waals surface area contributed by atoms with E-state index in [9.17, 15) is 4.79 Å². The Balaban J connectivity index is 2.11. The Kier molecular flexibility index (Phi) is 4.79. The first-order valence-electron chi connectivity index (χ1n) is 5.45. The number of rotatable bonds is 4. The SMILES string of the molecule is CCOC(=O)c1csc(Nc2ccc(Br)c(Cl)c2)n1. The first-order chi connectivity index (χ1) is 9.10. The Morgan fingerprint density at radius 2 is 2.37 bits per heavy atom. The molecular weight excluding hydrogens is 352 g/mol. The van der Waals surface area contributed by atoms with Crippen molar-refractivity contribution in [1.82, 2.24) is 4.98 Å². The van der Waals surface area contributed by atoms with Crippen LogP contribution >= 0.6 is 38.9 Å². The van der Waals surface area contributed by atoms with E-state index >= 15 is 0 Å². The molecule has 0 saturated heterocycles. The Hall–Kier alpha value is -1.11. The van der Waals surface area contributed by atoms with Crippen molar-refractivity contribution < 1.29 is 9.53 Å². The van der Waals surface area contributed by atoms with Crippen LogP contribution in [0.15, 0.2) is 28.1 Å². The average molecular weight is 362 g/mol. The minimum atomic E-state index is -0.416. The largest absolute Gasteiger partial charge is 0.461 e. The van der Waals surface area contributed by atoms with Gasteiger partial charge < -0.3 is 10.1 Å². The number of halogens is 2. The molecule has 7 heteroatoms. The molecule has 0 saturated carbocycles. The average Bonchev–Trinajstić information content (AvgIpc) is 2.83. The van der Waals surface area contributed by atoms with Crippen molar-refractivity contribution in [1.29, 1.82) is 0 Å². The van der Waals surface area contributed by atoms with Crippen LogP contribution in [0.4, 0.5) is 10.8 Å². The van der Waals surface area contributed by atoms with Crippen molar-refractivity contribution in [3.05, 3.63) is 38.8 Å². The highest BCUT2D eigenvalue weighted by Gasteiger charge is 2.11. The molecule has 0 aliphatic heterocycles. The second-order valence-electron chi connectivity index (χ2n) is 3.51. The number of hydrogen-bond acceptors (Lipinski definition) is 5. The van der Waals surface area contributed by atoms with Gasteiger partial charge in [-0.2, -0.15) is 0 Å². The smallest absolute Gasteiger partial charge is 0.357 e. The molecule has 1 heterocycles. The van der Waals surface area contributed by atoms with E-state index in [1.165, 1.54) is 11.3 Å². The molecule has 2 aromatic rings. The number of anilines is 2. The van der Waals surface area contributed by atoms with Crippen LogP contribution in [0.2, 0.25) is 5.02 Å². The lowest BCUT2D eigenvalue weighted by molar-refractivity contribution is 0.0520. The molecule has 0 amide bonds. The van der Waals surface area contributed by atoms with Crippen LogP contribution in [0.1, 0.15) is 17.4 Å². The van der Waals surface area contributed by atoms with Crippen molar-refractivity contribution in [2.75, 3.05) is 11.9 Å². The maximum absolute atomic E-state index is 11.5. The van der Waals surface area contributed by atoms with E-state index in [4.69, 9.17) is 16.3 Å². The number of hydrogen-bond donors (Lipinski definition) is 1. The first kappa shape index (κ1) is 14.3. The molecule has 1 N–H and O–H groups in total. The summed E-state index contributed by atoms with van der Waals surface area (Å²) >= 11 is 10.7.